The van der Waals surface area contributed by atoms with Crippen LogP contribution < -0.4 is 0 Å². The molecule has 0 spiro atoms. The monoisotopic (exact) mass is 460 g/mol. The van der Waals surface area contributed by atoms with E-state index < -0.39 is 5.54 Å². The summed E-state index contributed by atoms with van der Waals surface area (Å²) in [5.41, 5.74) is 2.42. The van der Waals surface area contributed by atoms with Gasteiger partial charge in [-0.25, -0.2) is 4.79 Å². The molecule has 0 bridgehead atoms. The number of nitrogens with zero attached hydrogens (tertiary/aromatic N) is 2. The summed E-state index contributed by atoms with van der Waals surface area (Å²) in [6, 6.07) is 17.7. The fourth-order valence-electron chi connectivity index (χ4n) is 5.15. The van der Waals surface area contributed by atoms with E-state index in [-0.39, 0.29) is 17.8 Å². The van der Waals surface area contributed by atoms with Gasteiger partial charge in [-0.15, -0.1) is 0 Å². The van der Waals surface area contributed by atoms with Crippen LogP contribution in [0, 0.1) is 17.2 Å². The molecular weight excluding hydrogens is 424 g/mol. The molecule has 1 aliphatic rings. The van der Waals surface area contributed by atoms with Gasteiger partial charge >= 0.3 is 5.97 Å². The molecule has 0 aliphatic heterocycles. The fourth-order valence-corrected chi connectivity index (χ4v) is 5.15. The highest BCUT2D eigenvalue weighted by molar-refractivity contribution is 5.88. The molecule has 2 aromatic rings. The Kier molecular flexibility index (Phi) is 8.87. The molecule has 1 fully saturated rings. The van der Waals surface area contributed by atoms with E-state index in [1.54, 1.807) is 4.90 Å². The minimum atomic E-state index is -0.994. The Hall–Kier alpha value is -3.13. The van der Waals surface area contributed by atoms with E-state index >= 15 is 0 Å². The number of carbonyl (C=O) groups is 2. The summed E-state index contributed by atoms with van der Waals surface area (Å²) in [6.07, 6.45) is 7.29. The number of methoxy groups -OCH3 is 1. The number of amides is 1. The van der Waals surface area contributed by atoms with Gasteiger partial charge in [0.05, 0.1) is 18.7 Å². The van der Waals surface area contributed by atoms with Crippen LogP contribution in [0.4, 0.5) is 0 Å². The molecule has 0 aromatic heterocycles. The topological polar surface area (TPSA) is 70.4 Å². The van der Waals surface area contributed by atoms with Crippen LogP contribution in [-0.4, -0.2) is 29.4 Å². The lowest BCUT2D eigenvalue weighted by Gasteiger charge is -2.45. The van der Waals surface area contributed by atoms with Crippen molar-refractivity contribution in [2.24, 2.45) is 5.92 Å². The van der Waals surface area contributed by atoms with E-state index in [1.807, 2.05) is 55.5 Å². The van der Waals surface area contributed by atoms with Crippen LogP contribution in [0.2, 0.25) is 0 Å². The third-order valence-corrected chi connectivity index (χ3v) is 7.26. The molecule has 0 saturated heterocycles. The number of hydrogen-bond acceptors (Lipinski definition) is 4. The lowest BCUT2D eigenvalue weighted by atomic mass is 9.74. The first-order valence-corrected chi connectivity index (χ1v) is 12.4. The van der Waals surface area contributed by atoms with Gasteiger partial charge < -0.3 is 9.64 Å². The van der Waals surface area contributed by atoms with Crippen molar-refractivity contribution in [2.75, 3.05) is 7.11 Å². The maximum absolute atomic E-state index is 13.5. The number of unbranched alkanes of at least 4 members (excludes halogenated alkanes) is 1. The van der Waals surface area contributed by atoms with Gasteiger partial charge in [-0.1, -0.05) is 75.1 Å². The molecule has 5 heteroatoms. The first-order chi connectivity index (χ1) is 16.4. The van der Waals surface area contributed by atoms with Crippen molar-refractivity contribution in [1.29, 1.82) is 5.26 Å². The Morgan fingerprint density at radius 1 is 1.09 bits per heavy atom. The van der Waals surface area contributed by atoms with Gasteiger partial charge in [0.2, 0.25) is 5.91 Å². The quantitative estimate of drug-likeness (QED) is 0.414. The smallest absolute Gasteiger partial charge is 0.331 e. The minimum Gasteiger partial charge on any atom is -0.467 e. The van der Waals surface area contributed by atoms with Crippen molar-refractivity contribution >= 4 is 11.9 Å². The van der Waals surface area contributed by atoms with Crippen molar-refractivity contribution < 1.29 is 14.3 Å². The van der Waals surface area contributed by atoms with Crippen LogP contribution >= 0.6 is 0 Å². The van der Waals surface area contributed by atoms with E-state index in [1.165, 1.54) is 13.5 Å². The standard InChI is InChI=1S/C29H36N2O3/c1-4-5-15-27(32)31(29(2,28(33)34-3)25-12-7-6-8-13-25)21-22-16-18-23(19-17-22)26-14-10-9-11-24(26)20-30/h9-11,14,16-19,25H,4-8,12-13,15,21H2,1-3H3/t29-/m1/s1. The SMILES string of the molecule is CCCCC(=O)N(Cc1ccc(-c2ccccc2C#N)cc1)[C@@](C)(C(=O)OC)C1CCCCC1. The predicted octanol–water partition coefficient (Wildman–Crippen LogP) is 6.26. The van der Waals surface area contributed by atoms with Gasteiger partial charge in [-0.3, -0.25) is 4.79 Å². The van der Waals surface area contributed by atoms with Crippen LogP contribution in [-0.2, 0) is 20.9 Å². The molecule has 34 heavy (non-hydrogen) atoms. The van der Waals surface area contributed by atoms with Gasteiger partial charge in [0.25, 0.3) is 0 Å². The van der Waals surface area contributed by atoms with E-state index in [0.29, 0.717) is 18.5 Å². The first-order valence-electron chi connectivity index (χ1n) is 12.4. The van der Waals surface area contributed by atoms with E-state index in [0.717, 1.165) is 55.2 Å². The Labute approximate surface area is 203 Å². The van der Waals surface area contributed by atoms with Gasteiger partial charge in [0.15, 0.2) is 0 Å². The van der Waals surface area contributed by atoms with Crippen molar-refractivity contribution in [3.63, 3.8) is 0 Å². The zero-order valence-corrected chi connectivity index (χ0v) is 20.7. The number of benzene rings is 2. The van der Waals surface area contributed by atoms with Gasteiger partial charge in [0, 0.05) is 13.0 Å². The van der Waals surface area contributed by atoms with Gasteiger partial charge in [0.1, 0.15) is 5.54 Å². The number of rotatable bonds is 9. The zero-order chi connectivity index (χ0) is 24.6. The highest BCUT2D eigenvalue weighted by Crippen LogP contribution is 2.39. The lowest BCUT2D eigenvalue weighted by molar-refractivity contribution is -0.167. The summed E-state index contributed by atoms with van der Waals surface area (Å²) >= 11 is 0. The zero-order valence-electron chi connectivity index (χ0n) is 20.7. The summed E-state index contributed by atoms with van der Waals surface area (Å²) < 4.78 is 5.28. The van der Waals surface area contributed by atoms with E-state index in [9.17, 15) is 14.9 Å². The number of ether oxygens (including phenoxy) is 1. The summed E-state index contributed by atoms with van der Waals surface area (Å²) in [7, 11) is 1.42. The molecule has 0 radical (unpaired) electrons. The normalized spacial score (nSPS) is 15.7. The Morgan fingerprint density at radius 2 is 1.76 bits per heavy atom. The summed E-state index contributed by atoms with van der Waals surface area (Å²) in [5, 5.41) is 9.44. The third kappa shape index (κ3) is 5.50. The summed E-state index contributed by atoms with van der Waals surface area (Å²) in [4.78, 5) is 28.5. The molecule has 3 rings (SSSR count). The summed E-state index contributed by atoms with van der Waals surface area (Å²) in [5.74, 6) is -0.246. The highest BCUT2D eigenvalue weighted by atomic mass is 16.5. The summed E-state index contributed by atoms with van der Waals surface area (Å²) in [6.45, 7) is 4.32. The molecule has 1 aliphatic carbocycles. The van der Waals surface area contributed by atoms with E-state index in [4.69, 9.17) is 4.74 Å². The maximum atomic E-state index is 13.5. The van der Waals surface area contributed by atoms with Gasteiger partial charge in [-0.05, 0) is 54.9 Å². The van der Waals surface area contributed by atoms with Gasteiger partial charge in [-0.2, -0.15) is 5.26 Å². The Balaban J connectivity index is 1.95. The highest BCUT2D eigenvalue weighted by Gasteiger charge is 2.49. The van der Waals surface area contributed by atoms with Crippen LogP contribution in [0.5, 0.6) is 0 Å². The second-order valence-corrected chi connectivity index (χ2v) is 9.41. The molecule has 1 atom stereocenters. The average molecular weight is 461 g/mol. The molecule has 0 N–H and O–H groups in total. The van der Waals surface area contributed by atoms with Crippen LogP contribution in [0.25, 0.3) is 11.1 Å². The fraction of sp³-hybridized carbons (Fsp3) is 0.483. The molecule has 1 saturated carbocycles. The molecule has 2 aromatic carbocycles. The largest absolute Gasteiger partial charge is 0.467 e. The van der Waals surface area contributed by atoms with E-state index in [2.05, 4.69) is 13.0 Å². The van der Waals surface area contributed by atoms with Crippen LogP contribution in [0.3, 0.4) is 0 Å². The second-order valence-electron chi connectivity index (χ2n) is 9.41. The number of nitriles is 1. The van der Waals surface area contributed by atoms with Crippen LogP contribution in [0.1, 0.15) is 76.3 Å². The number of hydrogen-bond donors (Lipinski definition) is 0. The number of carbonyl (C=O) groups excluding carboxylic acids is 2. The molecular formula is C29H36N2O3. The predicted molar refractivity (Wildman–Crippen MR) is 134 cm³/mol. The van der Waals surface area contributed by atoms with Crippen molar-refractivity contribution in [3.8, 4) is 17.2 Å². The average Bonchev–Trinajstić information content (AvgIpc) is 2.90. The van der Waals surface area contributed by atoms with Crippen molar-refractivity contribution in [3.05, 3.63) is 59.7 Å². The molecule has 0 unspecified atom stereocenters. The molecule has 1 amide bonds. The Morgan fingerprint density at radius 3 is 2.38 bits per heavy atom. The van der Waals surface area contributed by atoms with Crippen LogP contribution in [0.15, 0.2) is 48.5 Å². The third-order valence-electron chi connectivity index (χ3n) is 7.26. The lowest BCUT2D eigenvalue weighted by Crippen LogP contribution is -2.60. The maximum Gasteiger partial charge on any atom is 0.331 e. The van der Waals surface area contributed by atoms with Crippen molar-refractivity contribution in [2.45, 2.75) is 77.3 Å². The first kappa shape index (κ1) is 25.5. The number of esters is 1. The minimum absolute atomic E-state index is 0.000717. The van der Waals surface area contributed by atoms with Crippen molar-refractivity contribution in [1.82, 2.24) is 4.90 Å². The Bertz CT molecular complexity index is 1020. The second kappa shape index (κ2) is 11.8. The molecule has 0 heterocycles. The molecule has 5 nitrogen and oxygen atoms in total. The molecule has 180 valence electrons.